The normalized spacial score (nSPS) is 23.1. The van der Waals surface area contributed by atoms with Crippen molar-refractivity contribution in [3.63, 3.8) is 0 Å². The Bertz CT molecular complexity index is 453. The second-order valence-corrected chi connectivity index (χ2v) is 5.15. The van der Waals surface area contributed by atoms with Crippen molar-refractivity contribution >= 4 is 21.9 Å². The fourth-order valence-electron chi connectivity index (χ4n) is 2.27. The minimum absolute atomic E-state index is 0.0425. The number of carbonyl (C=O) groups is 1. The van der Waals surface area contributed by atoms with Gasteiger partial charge < -0.3 is 10.1 Å². The Morgan fingerprint density at radius 1 is 1.56 bits per heavy atom. The van der Waals surface area contributed by atoms with Crippen LogP contribution in [-0.4, -0.2) is 25.7 Å². The van der Waals surface area contributed by atoms with Gasteiger partial charge in [0.1, 0.15) is 5.82 Å². The summed E-state index contributed by atoms with van der Waals surface area (Å²) in [5.74, 6) is -0.631. The Labute approximate surface area is 114 Å². The van der Waals surface area contributed by atoms with Crippen molar-refractivity contribution in [2.75, 3.05) is 19.7 Å². The zero-order chi connectivity index (χ0) is 13.1. The lowest BCUT2D eigenvalue weighted by Crippen LogP contribution is -2.24. The van der Waals surface area contributed by atoms with E-state index in [4.69, 9.17) is 4.74 Å². The van der Waals surface area contributed by atoms with Crippen LogP contribution >= 0.6 is 15.9 Å². The molecule has 0 bridgehead atoms. The van der Waals surface area contributed by atoms with E-state index in [0.717, 1.165) is 5.56 Å². The van der Waals surface area contributed by atoms with Crippen molar-refractivity contribution in [1.29, 1.82) is 0 Å². The van der Waals surface area contributed by atoms with Crippen LogP contribution in [0, 0.1) is 11.7 Å². The number of ether oxygens (including phenoxy) is 1. The second kappa shape index (κ2) is 5.80. The quantitative estimate of drug-likeness (QED) is 0.871. The Kier molecular flexibility index (Phi) is 4.35. The van der Waals surface area contributed by atoms with Crippen LogP contribution in [0.1, 0.15) is 18.4 Å². The van der Waals surface area contributed by atoms with Crippen molar-refractivity contribution in [3.05, 3.63) is 34.1 Å². The van der Waals surface area contributed by atoms with Crippen molar-refractivity contribution in [1.82, 2.24) is 5.32 Å². The fourth-order valence-corrected chi connectivity index (χ4v) is 2.67. The molecule has 1 aliphatic heterocycles. The van der Waals surface area contributed by atoms with Gasteiger partial charge in [-0.15, -0.1) is 0 Å². The van der Waals surface area contributed by atoms with E-state index in [-0.39, 0.29) is 23.6 Å². The van der Waals surface area contributed by atoms with E-state index < -0.39 is 0 Å². The molecule has 3 nitrogen and oxygen atoms in total. The van der Waals surface area contributed by atoms with Crippen LogP contribution in [0.15, 0.2) is 22.7 Å². The zero-order valence-corrected chi connectivity index (χ0v) is 11.7. The molecule has 1 fully saturated rings. The predicted octanol–water partition coefficient (Wildman–Crippen LogP) is 2.45. The van der Waals surface area contributed by atoms with E-state index in [1.54, 1.807) is 19.1 Å². The van der Waals surface area contributed by atoms with Gasteiger partial charge in [0.15, 0.2) is 0 Å². The molecule has 1 aromatic rings. The molecule has 98 valence electrons. The first kappa shape index (κ1) is 13.5. The lowest BCUT2D eigenvalue weighted by Gasteiger charge is -2.17. The molecule has 0 aromatic heterocycles. The molecule has 0 amide bonds. The maximum absolute atomic E-state index is 13.2. The first-order valence-corrected chi connectivity index (χ1v) is 6.75. The van der Waals surface area contributed by atoms with Gasteiger partial charge in [0.25, 0.3) is 0 Å². The van der Waals surface area contributed by atoms with E-state index >= 15 is 0 Å². The van der Waals surface area contributed by atoms with Gasteiger partial charge in [-0.2, -0.15) is 0 Å². The molecular weight excluding hydrogens is 301 g/mol. The number of hydrogen-bond donors (Lipinski definition) is 1. The molecular formula is C13H15BrFNO2. The molecule has 5 heteroatoms. The number of rotatable bonds is 3. The summed E-state index contributed by atoms with van der Waals surface area (Å²) in [6.07, 6.45) is 0. The molecule has 0 radical (unpaired) electrons. The lowest BCUT2D eigenvalue weighted by atomic mass is 9.89. The van der Waals surface area contributed by atoms with Crippen LogP contribution in [0.4, 0.5) is 4.39 Å². The highest BCUT2D eigenvalue weighted by atomic mass is 79.9. The average Bonchev–Trinajstić information content (AvgIpc) is 2.82. The van der Waals surface area contributed by atoms with Gasteiger partial charge in [-0.3, -0.25) is 4.79 Å². The third kappa shape index (κ3) is 2.72. The second-order valence-electron chi connectivity index (χ2n) is 4.30. The predicted molar refractivity (Wildman–Crippen MR) is 69.8 cm³/mol. The van der Waals surface area contributed by atoms with Gasteiger partial charge in [-0.1, -0.05) is 6.07 Å². The number of benzene rings is 1. The fraction of sp³-hybridized carbons (Fsp3) is 0.462. The van der Waals surface area contributed by atoms with Crippen LogP contribution in [0.25, 0.3) is 0 Å². The number of esters is 1. The summed E-state index contributed by atoms with van der Waals surface area (Å²) in [7, 11) is 0. The Morgan fingerprint density at radius 2 is 2.33 bits per heavy atom. The van der Waals surface area contributed by atoms with Crippen molar-refractivity contribution in [2.24, 2.45) is 5.92 Å². The summed E-state index contributed by atoms with van der Waals surface area (Å²) in [6.45, 7) is 3.50. The van der Waals surface area contributed by atoms with Gasteiger partial charge in [-0.05, 0) is 40.5 Å². The summed E-state index contributed by atoms with van der Waals surface area (Å²) in [5.41, 5.74) is 0.950. The number of carbonyl (C=O) groups excluding carboxylic acids is 1. The lowest BCUT2D eigenvalue weighted by molar-refractivity contribution is -0.147. The largest absolute Gasteiger partial charge is 0.466 e. The third-order valence-electron chi connectivity index (χ3n) is 3.18. The molecule has 2 unspecified atom stereocenters. The molecule has 2 atom stereocenters. The molecule has 0 spiro atoms. The van der Waals surface area contributed by atoms with Gasteiger partial charge >= 0.3 is 5.97 Å². The van der Waals surface area contributed by atoms with Crippen molar-refractivity contribution in [3.8, 4) is 0 Å². The summed E-state index contributed by atoms with van der Waals surface area (Å²) in [5, 5.41) is 3.18. The van der Waals surface area contributed by atoms with Gasteiger partial charge in [0.05, 0.1) is 17.0 Å². The SMILES string of the molecule is CCOC(=O)C1CNCC1c1ccc(F)c(Br)c1. The van der Waals surface area contributed by atoms with Gasteiger partial charge in [0, 0.05) is 19.0 Å². The highest BCUT2D eigenvalue weighted by molar-refractivity contribution is 9.10. The van der Waals surface area contributed by atoms with E-state index in [0.29, 0.717) is 24.2 Å². The van der Waals surface area contributed by atoms with Crippen LogP contribution in [-0.2, 0) is 9.53 Å². The summed E-state index contributed by atoms with van der Waals surface area (Å²) < 4.78 is 18.7. The van der Waals surface area contributed by atoms with Crippen LogP contribution in [0.5, 0.6) is 0 Å². The first-order valence-electron chi connectivity index (χ1n) is 5.95. The highest BCUT2D eigenvalue weighted by Crippen LogP contribution is 2.31. The minimum Gasteiger partial charge on any atom is -0.466 e. The minimum atomic E-state index is -0.294. The van der Waals surface area contributed by atoms with Crippen molar-refractivity contribution < 1.29 is 13.9 Å². The molecule has 2 rings (SSSR count). The average molecular weight is 316 g/mol. The molecule has 1 aliphatic rings. The van der Waals surface area contributed by atoms with Crippen molar-refractivity contribution in [2.45, 2.75) is 12.8 Å². The van der Waals surface area contributed by atoms with Crippen LogP contribution in [0.2, 0.25) is 0 Å². The Morgan fingerprint density at radius 3 is 3.00 bits per heavy atom. The molecule has 0 saturated carbocycles. The number of nitrogens with one attached hydrogen (secondary N) is 1. The Balaban J connectivity index is 2.20. The smallest absolute Gasteiger partial charge is 0.310 e. The molecule has 1 N–H and O–H groups in total. The maximum atomic E-state index is 13.2. The summed E-state index contributed by atoms with van der Waals surface area (Å²) in [4.78, 5) is 11.8. The van der Waals surface area contributed by atoms with E-state index in [1.807, 2.05) is 0 Å². The highest BCUT2D eigenvalue weighted by Gasteiger charge is 2.35. The number of hydrogen-bond acceptors (Lipinski definition) is 3. The van der Waals surface area contributed by atoms with Gasteiger partial charge in [-0.25, -0.2) is 4.39 Å². The standard InChI is InChI=1S/C13H15BrFNO2/c1-2-18-13(17)10-7-16-6-9(10)8-3-4-12(15)11(14)5-8/h3-5,9-10,16H,2,6-7H2,1H3. The summed E-state index contributed by atoms with van der Waals surface area (Å²) in [6, 6.07) is 4.88. The van der Waals surface area contributed by atoms with Gasteiger partial charge in [0.2, 0.25) is 0 Å². The molecule has 0 aliphatic carbocycles. The number of halogens is 2. The zero-order valence-electron chi connectivity index (χ0n) is 10.1. The van der Waals surface area contributed by atoms with E-state index in [1.165, 1.54) is 6.07 Å². The molecule has 18 heavy (non-hydrogen) atoms. The topological polar surface area (TPSA) is 38.3 Å². The maximum Gasteiger partial charge on any atom is 0.310 e. The first-order chi connectivity index (χ1) is 8.63. The van der Waals surface area contributed by atoms with Crippen LogP contribution in [0.3, 0.4) is 0 Å². The molecule has 1 aromatic carbocycles. The monoisotopic (exact) mass is 315 g/mol. The third-order valence-corrected chi connectivity index (χ3v) is 3.78. The van der Waals surface area contributed by atoms with Crippen LogP contribution < -0.4 is 5.32 Å². The molecule has 1 heterocycles. The van der Waals surface area contributed by atoms with E-state index in [9.17, 15) is 9.18 Å². The Hall–Kier alpha value is -0.940. The summed E-state index contributed by atoms with van der Waals surface area (Å²) >= 11 is 3.17. The molecule has 1 saturated heterocycles. The van der Waals surface area contributed by atoms with E-state index in [2.05, 4.69) is 21.2 Å².